The molecule has 1 aliphatic rings. The monoisotopic (exact) mass is 208 g/mol. The predicted octanol–water partition coefficient (Wildman–Crippen LogP) is 1.28. The standard InChI is InChI=1S/C10H16N4O/c1-5(7-3-4-7)10(15)12-9-8(11)6(2)13-14-9/h5,7H,3-4,11H2,1-2H3,(H2,12,13,14,15). The van der Waals surface area contributed by atoms with Gasteiger partial charge in [-0.3, -0.25) is 9.89 Å². The van der Waals surface area contributed by atoms with Gasteiger partial charge in [-0.1, -0.05) is 6.92 Å². The number of anilines is 2. The highest BCUT2D eigenvalue weighted by Crippen LogP contribution is 2.37. The summed E-state index contributed by atoms with van der Waals surface area (Å²) >= 11 is 0. The molecule has 1 amide bonds. The third-order valence-corrected chi connectivity index (χ3v) is 2.98. The van der Waals surface area contributed by atoms with Crippen molar-refractivity contribution in [3.05, 3.63) is 5.69 Å². The summed E-state index contributed by atoms with van der Waals surface area (Å²) in [6.45, 7) is 3.77. The molecular formula is C10H16N4O. The SMILES string of the molecule is Cc1[nH]nc(NC(=O)C(C)C2CC2)c1N. The van der Waals surface area contributed by atoms with Crippen molar-refractivity contribution in [2.45, 2.75) is 26.7 Å². The number of hydrogen-bond acceptors (Lipinski definition) is 3. The summed E-state index contributed by atoms with van der Waals surface area (Å²) in [5, 5.41) is 9.42. The summed E-state index contributed by atoms with van der Waals surface area (Å²) < 4.78 is 0. The summed E-state index contributed by atoms with van der Waals surface area (Å²) in [6.07, 6.45) is 2.31. The maximum atomic E-state index is 11.7. The van der Waals surface area contributed by atoms with E-state index in [9.17, 15) is 4.79 Å². The van der Waals surface area contributed by atoms with Crippen molar-refractivity contribution >= 4 is 17.4 Å². The van der Waals surface area contributed by atoms with Crippen LogP contribution in [0.3, 0.4) is 0 Å². The zero-order chi connectivity index (χ0) is 11.0. The molecule has 1 aliphatic carbocycles. The highest BCUT2D eigenvalue weighted by Gasteiger charge is 2.33. The first-order valence-corrected chi connectivity index (χ1v) is 5.21. The van der Waals surface area contributed by atoms with Gasteiger partial charge in [0.1, 0.15) is 0 Å². The molecule has 1 heterocycles. The van der Waals surface area contributed by atoms with Crippen LogP contribution in [0.5, 0.6) is 0 Å². The van der Waals surface area contributed by atoms with Crippen LogP contribution >= 0.6 is 0 Å². The number of amides is 1. The lowest BCUT2D eigenvalue weighted by atomic mass is 10.1. The second kappa shape index (κ2) is 3.56. The van der Waals surface area contributed by atoms with Gasteiger partial charge >= 0.3 is 0 Å². The molecule has 15 heavy (non-hydrogen) atoms. The number of H-pyrrole nitrogens is 1. The van der Waals surface area contributed by atoms with Crippen molar-refractivity contribution in [2.24, 2.45) is 11.8 Å². The van der Waals surface area contributed by atoms with E-state index in [0.717, 1.165) is 18.5 Å². The third kappa shape index (κ3) is 1.95. The highest BCUT2D eigenvalue weighted by molar-refractivity contribution is 5.94. The third-order valence-electron chi connectivity index (χ3n) is 2.98. The summed E-state index contributed by atoms with van der Waals surface area (Å²) in [6, 6.07) is 0. The maximum Gasteiger partial charge on any atom is 0.228 e. The van der Waals surface area contributed by atoms with E-state index in [2.05, 4.69) is 15.5 Å². The molecule has 1 unspecified atom stereocenters. The molecule has 0 bridgehead atoms. The van der Waals surface area contributed by atoms with Crippen LogP contribution < -0.4 is 11.1 Å². The molecule has 0 spiro atoms. The van der Waals surface area contributed by atoms with Gasteiger partial charge in [0.25, 0.3) is 0 Å². The van der Waals surface area contributed by atoms with Crippen molar-refractivity contribution in [1.82, 2.24) is 10.2 Å². The van der Waals surface area contributed by atoms with Gasteiger partial charge in [-0.05, 0) is 25.7 Å². The van der Waals surface area contributed by atoms with E-state index in [4.69, 9.17) is 5.73 Å². The Bertz CT molecular complexity index is 381. The van der Waals surface area contributed by atoms with Crippen LogP contribution in [0.1, 0.15) is 25.5 Å². The number of aryl methyl sites for hydroxylation is 1. The second-order valence-corrected chi connectivity index (χ2v) is 4.23. The predicted molar refractivity (Wildman–Crippen MR) is 58.3 cm³/mol. The highest BCUT2D eigenvalue weighted by atomic mass is 16.2. The van der Waals surface area contributed by atoms with E-state index < -0.39 is 0 Å². The molecule has 5 heteroatoms. The number of nitrogens with zero attached hydrogens (tertiary/aromatic N) is 1. The van der Waals surface area contributed by atoms with Crippen LogP contribution in [0, 0.1) is 18.8 Å². The lowest BCUT2D eigenvalue weighted by Gasteiger charge is -2.09. The normalized spacial score (nSPS) is 17.5. The van der Waals surface area contributed by atoms with Gasteiger partial charge in [-0.15, -0.1) is 0 Å². The van der Waals surface area contributed by atoms with Crippen LogP contribution in [0.25, 0.3) is 0 Å². The minimum atomic E-state index is 0.00991. The second-order valence-electron chi connectivity index (χ2n) is 4.23. The van der Waals surface area contributed by atoms with Crippen molar-refractivity contribution < 1.29 is 4.79 Å². The first-order chi connectivity index (χ1) is 7.09. The van der Waals surface area contributed by atoms with Crippen LogP contribution in [-0.2, 0) is 4.79 Å². The largest absolute Gasteiger partial charge is 0.394 e. The van der Waals surface area contributed by atoms with E-state index in [1.165, 1.54) is 0 Å². The number of nitrogens with two attached hydrogens (primary N) is 1. The number of nitrogens with one attached hydrogen (secondary N) is 2. The Kier molecular flexibility index (Phi) is 2.38. The molecule has 82 valence electrons. The molecule has 0 aromatic carbocycles. The Balaban J connectivity index is 2.01. The molecule has 0 radical (unpaired) electrons. The lowest BCUT2D eigenvalue weighted by molar-refractivity contribution is -0.119. The number of carbonyl (C=O) groups excluding carboxylic acids is 1. The lowest BCUT2D eigenvalue weighted by Crippen LogP contribution is -2.22. The quantitative estimate of drug-likeness (QED) is 0.699. The molecule has 0 aliphatic heterocycles. The summed E-state index contributed by atoms with van der Waals surface area (Å²) in [5.74, 6) is 1.06. The van der Waals surface area contributed by atoms with E-state index >= 15 is 0 Å². The van der Waals surface area contributed by atoms with Gasteiger partial charge < -0.3 is 11.1 Å². The molecular weight excluding hydrogens is 192 g/mol. The van der Waals surface area contributed by atoms with Gasteiger partial charge in [0.2, 0.25) is 5.91 Å². The van der Waals surface area contributed by atoms with Gasteiger partial charge in [0.15, 0.2) is 5.82 Å². The van der Waals surface area contributed by atoms with Gasteiger partial charge in [0, 0.05) is 5.92 Å². The maximum absolute atomic E-state index is 11.7. The van der Waals surface area contributed by atoms with Gasteiger partial charge in [0.05, 0.1) is 11.4 Å². The fourth-order valence-electron chi connectivity index (χ4n) is 1.57. The first kappa shape index (κ1) is 10.0. The number of nitrogen functional groups attached to an aromatic ring is 1. The number of aromatic nitrogens is 2. The van der Waals surface area contributed by atoms with Crippen LogP contribution in [0.4, 0.5) is 11.5 Å². The Morgan fingerprint density at radius 3 is 2.80 bits per heavy atom. The van der Waals surface area contributed by atoms with Crippen molar-refractivity contribution in [2.75, 3.05) is 11.1 Å². The van der Waals surface area contributed by atoms with Crippen LogP contribution in [-0.4, -0.2) is 16.1 Å². The van der Waals surface area contributed by atoms with E-state index in [-0.39, 0.29) is 11.8 Å². The Morgan fingerprint density at radius 1 is 1.67 bits per heavy atom. The minimum Gasteiger partial charge on any atom is -0.394 e. The Labute approximate surface area is 88.4 Å². The summed E-state index contributed by atoms with van der Waals surface area (Å²) in [5.41, 5.74) is 7.04. The summed E-state index contributed by atoms with van der Waals surface area (Å²) in [7, 11) is 0. The van der Waals surface area contributed by atoms with Crippen molar-refractivity contribution in [1.29, 1.82) is 0 Å². The number of rotatable bonds is 3. The number of carbonyl (C=O) groups is 1. The molecule has 4 N–H and O–H groups in total. The van der Waals surface area contributed by atoms with Crippen molar-refractivity contribution in [3.8, 4) is 0 Å². The molecule has 1 fully saturated rings. The fraction of sp³-hybridized carbons (Fsp3) is 0.600. The fourth-order valence-corrected chi connectivity index (χ4v) is 1.57. The zero-order valence-electron chi connectivity index (χ0n) is 9.00. The van der Waals surface area contributed by atoms with E-state index in [1.54, 1.807) is 0 Å². The molecule has 0 saturated heterocycles. The van der Waals surface area contributed by atoms with Gasteiger partial charge in [-0.2, -0.15) is 5.10 Å². The first-order valence-electron chi connectivity index (χ1n) is 5.21. The van der Waals surface area contributed by atoms with E-state index in [1.807, 2.05) is 13.8 Å². The summed E-state index contributed by atoms with van der Waals surface area (Å²) in [4.78, 5) is 11.7. The van der Waals surface area contributed by atoms with Crippen molar-refractivity contribution in [3.63, 3.8) is 0 Å². The molecule has 1 atom stereocenters. The number of hydrogen-bond donors (Lipinski definition) is 3. The molecule has 1 aromatic heterocycles. The molecule has 2 rings (SSSR count). The molecule has 1 aromatic rings. The average Bonchev–Trinajstić information content (AvgIpc) is 3.00. The van der Waals surface area contributed by atoms with Crippen LogP contribution in [0.15, 0.2) is 0 Å². The Hall–Kier alpha value is -1.52. The minimum absolute atomic E-state index is 0.00991. The topological polar surface area (TPSA) is 83.8 Å². The van der Waals surface area contributed by atoms with E-state index in [0.29, 0.717) is 17.4 Å². The van der Waals surface area contributed by atoms with Crippen LogP contribution in [0.2, 0.25) is 0 Å². The molecule has 5 nitrogen and oxygen atoms in total. The molecule has 1 saturated carbocycles. The number of aromatic amines is 1. The smallest absolute Gasteiger partial charge is 0.228 e. The Morgan fingerprint density at radius 2 is 2.33 bits per heavy atom. The van der Waals surface area contributed by atoms with Gasteiger partial charge in [-0.25, -0.2) is 0 Å². The average molecular weight is 208 g/mol. The zero-order valence-corrected chi connectivity index (χ0v) is 9.00.